The van der Waals surface area contributed by atoms with Crippen LogP contribution in [0, 0.1) is 6.92 Å². The molecule has 1 N–H and O–H groups in total. The Bertz CT molecular complexity index is 781. The Morgan fingerprint density at radius 2 is 1.95 bits per heavy atom. The van der Waals surface area contributed by atoms with Crippen molar-refractivity contribution in [3.8, 4) is 5.75 Å². The molecule has 114 valence electrons. The molecule has 0 radical (unpaired) electrons. The lowest BCUT2D eigenvalue weighted by atomic mass is 10.2. The Kier molecular flexibility index (Phi) is 4.32. The zero-order valence-electron chi connectivity index (χ0n) is 12.3. The third kappa shape index (κ3) is 3.08. The van der Waals surface area contributed by atoms with Crippen LogP contribution in [0.3, 0.4) is 0 Å². The van der Waals surface area contributed by atoms with Gasteiger partial charge >= 0.3 is 0 Å². The van der Waals surface area contributed by atoms with E-state index in [0.29, 0.717) is 18.2 Å². The maximum atomic E-state index is 9.28. The number of aryl methyl sites for hydroxylation is 1. The summed E-state index contributed by atoms with van der Waals surface area (Å²) in [6.07, 6.45) is 0. The summed E-state index contributed by atoms with van der Waals surface area (Å²) in [5.74, 6) is 1.57. The van der Waals surface area contributed by atoms with Gasteiger partial charge in [0.05, 0.1) is 17.6 Å². The summed E-state index contributed by atoms with van der Waals surface area (Å²) in [4.78, 5) is 4.57. The van der Waals surface area contributed by atoms with Crippen LogP contribution in [-0.4, -0.2) is 21.3 Å². The van der Waals surface area contributed by atoms with E-state index in [0.717, 1.165) is 22.6 Å². The lowest BCUT2D eigenvalue weighted by Crippen LogP contribution is -2.09. The predicted octanol–water partition coefficient (Wildman–Crippen LogP) is 3.57. The van der Waals surface area contributed by atoms with Crippen LogP contribution >= 0.6 is 11.6 Å². The molecule has 2 aromatic carbocycles. The summed E-state index contributed by atoms with van der Waals surface area (Å²) >= 11 is 6.05. The number of hydrogen-bond donors (Lipinski definition) is 1. The van der Waals surface area contributed by atoms with Gasteiger partial charge in [0.1, 0.15) is 18.2 Å². The highest BCUT2D eigenvalue weighted by Crippen LogP contribution is 2.22. The normalized spacial score (nSPS) is 11.0. The van der Waals surface area contributed by atoms with Crippen molar-refractivity contribution < 1.29 is 9.84 Å². The first-order valence-corrected chi connectivity index (χ1v) is 7.50. The molecule has 0 saturated carbocycles. The molecule has 22 heavy (non-hydrogen) atoms. The van der Waals surface area contributed by atoms with Gasteiger partial charge in [-0.2, -0.15) is 0 Å². The van der Waals surface area contributed by atoms with E-state index in [2.05, 4.69) is 4.98 Å². The summed E-state index contributed by atoms with van der Waals surface area (Å²) in [6, 6.07) is 13.4. The molecule has 0 saturated heterocycles. The number of aromatic nitrogens is 2. The van der Waals surface area contributed by atoms with E-state index in [4.69, 9.17) is 16.3 Å². The summed E-state index contributed by atoms with van der Waals surface area (Å²) in [7, 11) is 0. The number of nitrogens with zero attached hydrogens (tertiary/aromatic N) is 2. The molecule has 0 spiro atoms. The van der Waals surface area contributed by atoms with Gasteiger partial charge in [0, 0.05) is 11.6 Å². The molecule has 0 aliphatic rings. The Morgan fingerprint density at radius 1 is 1.18 bits per heavy atom. The number of imidazole rings is 1. The first kappa shape index (κ1) is 14.9. The van der Waals surface area contributed by atoms with E-state index in [1.165, 1.54) is 5.56 Å². The van der Waals surface area contributed by atoms with Crippen LogP contribution in [0.4, 0.5) is 0 Å². The molecule has 5 heteroatoms. The number of rotatable bonds is 5. The maximum Gasteiger partial charge on any atom is 0.148 e. The number of aliphatic hydroxyl groups excluding tert-OH is 1. The fraction of sp³-hybridized carbons (Fsp3) is 0.235. The minimum absolute atomic E-state index is 0.0372. The van der Waals surface area contributed by atoms with Gasteiger partial charge in [-0.25, -0.2) is 4.98 Å². The molecule has 1 heterocycles. The van der Waals surface area contributed by atoms with E-state index >= 15 is 0 Å². The molecule has 3 aromatic rings. The van der Waals surface area contributed by atoms with E-state index < -0.39 is 0 Å². The SMILES string of the molecule is Cc1ccc(OCc2nc3ccc(Cl)cc3n2CCO)cc1. The van der Waals surface area contributed by atoms with Crippen LogP contribution in [0.1, 0.15) is 11.4 Å². The van der Waals surface area contributed by atoms with Gasteiger partial charge in [0.2, 0.25) is 0 Å². The van der Waals surface area contributed by atoms with Crippen LogP contribution in [0.2, 0.25) is 5.02 Å². The standard InChI is InChI=1S/C17H17ClN2O2/c1-12-2-5-14(6-3-12)22-11-17-19-15-7-4-13(18)10-16(15)20(17)8-9-21/h2-7,10,21H,8-9,11H2,1H3. The highest BCUT2D eigenvalue weighted by molar-refractivity contribution is 6.31. The zero-order chi connectivity index (χ0) is 15.5. The molecule has 4 nitrogen and oxygen atoms in total. The first-order chi connectivity index (χ1) is 10.7. The summed E-state index contributed by atoms with van der Waals surface area (Å²) in [5, 5.41) is 9.94. The third-order valence-electron chi connectivity index (χ3n) is 3.50. The largest absolute Gasteiger partial charge is 0.486 e. The van der Waals surface area contributed by atoms with Gasteiger partial charge in [-0.15, -0.1) is 0 Å². The second kappa shape index (κ2) is 6.38. The Labute approximate surface area is 133 Å². The average Bonchev–Trinajstić information content (AvgIpc) is 2.85. The van der Waals surface area contributed by atoms with Crippen molar-refractivity contribution >= 4 is 22.6 Å². The molecular formula is C17H17ClN2O2. The highest BCUT2D eigenvalue weighted by atomic mass is 35.5. The van der Waals surface area contributed by atoms with E-state index in [-0.39, 0.29) is 6.61 Å². The number of hydrogen-bond acceptors (Lipinski definition) is 3. The maximum absolute atomic E-state index is 9.28. The number of halogens is 1. The zero-order valence-corrected chi connectivity index (χ0v) is 13.0. The van der Waals surface area contributed by atoms with Gasteiger partial charge in [-0.3, -0.25) is 0 Å². The van der Waals surface area contributed by atoms with Crippen LogP contribution < -0.4 is 4.74 Å². The Morgan fingerprint density at radius 3 is 2.68 bits per heavy atom. The van der Waals surface area contributed by atoms with E-state index in [9.17, 15) is 5.11 Å². The summed E-state index contributed by atoms with van der Waals surface area (Å²) in [6.45, 7) is 2.88. The van der Waals surface area contributed by atoms with Crippen LogP contribution in [0.15, 0.2) is 42.5 Å². The summed E-state index contributed by atoms with van der Waals surface area (Å²) in [5.41, 5.74) is 2.94. The Balaban J connectivity index is 1.88. The van der Waals surface area contributed by atoms with Gasteiger partial charge in [-0.1, -0.05) is 29.3 Å². The van der Waals surface area contributed by atoms with Gasteiger partial charge < -0.3 is 14.4 Å². The number of benzene rings is 2. The smallest absolute Gasteiger partial charge is 0.148 e. The number of aliphatic hydroxyl groups is 1. The second-order valence-electron chi connectivity index (χ2n) is 5.14. The third-order valence-corrected chi connectivity index (χ3v) is 3.74. The molecule has 0 atom stereocenters. The lowest BCUT2D eigenvalue weighted by Gasteiger charge is -2.09. The van der Waals surface area contributed by atoms with E-state index in [1.807, 2.05) is 54.0 Å². The topological polar surface area (TPSA) is 47.3 Å². The number of fused-ring (bicyclic) bond motifs is 1. The van der Waals surface area contributed by atoms with Gasteiger partial charge in [0.25, 0.3) is 0 Å². The lowest BCUT2D eigenvalue weighted by molar-refractivity contribution is 0.260. The fourth-order valence-corrected chi connectivity index (χ4v) is 2.55. The van der Waals surface area contributed by atoms with Crippen molar-refractivity contribution in [1.29, 1.82) is 0 Å². The average molecular weight is 317 g/mol. The molecule has 0 amide bonds. The molecule has 3 rings (SSSR count). The fourth-order valence-electron chi connectivity index (χ4n) is 2.39. The van der Waals surface area contributed by atoms with Crippen LogP contribution in [0.5, 0.6) is 5.75 Å². The quantitative estimate of drug-likeness (QED) is 0.782. The van der Waals surface area contributed by atoms with Crippen molar-refractivity contribution in [3.63, 3.8) is 0 Å². The summed E-state index contributed by atoms with van der Waals surface area (Å²) < 4.78 is 7.74. The van der Waals surface area contributed by atoms with Crippen molar-refractivity contribution in [2.45, 2.75) is 20.1 Å². The van der Waals surface area contributed by atoms with Crippen LogP contribution in [0.25, 0.3) is 11.0 Å². The first-order valence-electron chi connectivity index (χ1n) is 7.12. The molecular weight excluding hydrogens is 300 g/mol. The molecule has 0 aliphatic carbocycles. The number of ether oxygens (including phenoxy) is 1. The monoisotopic (exact) mass is 316 g/mol. The minimum atomic E-state index is 0.0372. The molecule has 0 bridgehead atoms. The van der Waals surface area contributed by atoms with Crippen LogP contribution in [-0.2, 0) is 13.2 Å². The van der Waals surface area contributed by atoms with Crippen molar-refractivity contribution in [3.05, 3.63) is 58.9 Å². The molecule has 0 aliphatic heterocycles. The molecule has 1 aromatic heterocycles. The minimum Gasteiger partial charge on any atom is -0.486 e. The van der Waals surface area contributed by atoms with Crippen molar-refractivity contribution in [2.24, 2.45) is 0 Å². The second-order valence-corrected chi connectivity index (χ2v) is 5.57. The molecule has 0 fully saturated rings. The van der Waals surface area contributed by atoms with Crippen molar-refractivity contribution in [1.82, 2.24) is 9.55 Å². The van der Waals surface area contributed by atoms with Crippen molar-refractivity contribution in [2.75, 3.05) is 6.61 Å². The molecule has 0 unspecified atom stereocenters. The van der Waals surface area contributed by atoms with E-state index in [1.54, 1.807) is 0 Å². The van der Waals surface area contributed by atoms with Gasteiger partial charge in [0.15, 0.2) is 0 Å². The predicted molar refractivity (Wildman–Crippen MR) is 87.3 cm³/mol. The highest BCUT2D eigenvalue weighted by Gasteiger charge is 2.11. The Hall–Kier alpha value is -2.04. The van der Waals surface area contributed by atoms with Gasteiger partial charge in [-0.05, 0) is 37.3 Å².